The van der Waals surface area contributed by atoms with Gasteiger partial charge in [0.25, 0.3) is 0 Å². The van der Waals surface area contributed by atoms with E-state index in [2.05, 4.69) is 55.4 Å². The Kier molecular flexibility index (Phi) is 6.73. The fourth-order valence-electron chi connectivity index (χ4n) is 2.27. The third kappa shape index (κ3) is 4.48. The number of methoxy groups -OCH3 is 2. The highest BCUT2D eigenvalue weighted by atomic mass is 79.9. The summed E-state index contributed by atoms with van der Waals surface area (Å²) in [7, 11) is 3.37. The van der Waals surface area contributed by atoms with Crippen molar-refractivity contribution in [2.75, 3.05) is 20.8 Å². The average molecular weight is 429 g/mol. The Hall–Kier alpha value is -1.04. The van der Waals surface area contributed by atoms with Crippen LogP contribution in [-0.2, 0) is 13.0 Å². The molecule has 1 N–H and O–H groups in total. The third-order valence-electron chi connectivity index (χ3n) is 3.35. The van der Waals surface area contributed by atoms with E-state index in [0.29, 0.717) is 0 Å². The summed E-state index contributed by atoms with van der Waals surface area (Å²) < 4.78 is 12.6. The van der Waals surface area contributed by atoms with Gasteiger partial charge in [0.2, 0.25) is 0 Å². The van der Waals surface area contributed by atoms with Crippen molar-refractivity contribution in [1.29, 1.82) is 0 Å². The molecule has 0 fully saturated rings. The summed E-state index contributed by atoms with van der Waals surface area (Å²) >= 11 is 7.05. The summed E-state index contributed by atoms with van der Waals surface area (Å²) in [5.74, 6) is 1.76. The van der Waals surface area contributed by atoms with Crippen LogP contribution in [0.4, 0.5) is 0 Å². The molecule has 0 aliphatic rings. The number of hydrogen-bond acceptors (Lipinski definition) is 3. The highest BCUT2D eigenvalue weighted by Crippen LogP contribution is 2.34. The van der Waals surface area contributed by atoms with Crippen LogP contribution >= 0.6 is 31.9 Å². The van der Waals surface area contributed by atoms with E-state index in [-0.39, 0.29) is 0 Å². The van der Waals surface area contributed by atoms with Crippen molar-refractivity contribution in [2.45, 2.75) is 13.0 Å². The van der Waals surface area contributed by atoms with Crippen LogP contribution in [-0.4, -0.2) is 20.8 Å². The van der Waals surface area contributed by atoms with Crippen molar-refractivity contribution in [2.24, 2.45) is 0 Å². The van der Waals surface area contributed by atoms with Gasteiger partial charge in [-0.25, -0.2) is 0 Å². The van der Waals surface area contributed by atoms with Crippen molar-refractivity contribution < 1.29 is 9.47 Å². The zero-order valence-electron chi connectivity index (χ0n) is 12.7. The van der Waals surface area contributed by atoms with E-state index in [1.165, 1.54) is 11.1 Å². The molecule has 22 heavy (non-hydrogen) atoms. The van der Waals surface area contributed by atoms with E-state index in [1.54, 1.807) is 14.2 Å². The number of hydrogen-bond donors (Lipinski definition) is 1. The molecule has 0 spiro atoms. The molecule has 0 aliphatic heterocycles. The van der Waals surface area contributed by atoms with Crippen LogP contribution in [0.1, 0.15) is 11.1 Å². The van der Waals surface area contributed by atoms with Crippen LogP contribution in [0.5, 0.6) is 11.5 Å². The number of para-hydroxylation sites is 1. The monoisotopic (exact) mass is 427 g/mol. The molecule has 0 saturated carbocycles. The Morgan fingerprint density at radius 3 is 2.32 bits per heavy atom. The van der Waals surface area contributed by atoms with Gasteiger partial charge in [-0.2, -0.15) is 0 Å². The maximum Gasteiger partial charge on any atom is 0.147 e. The van der Waals surface area contributed by atoms with E-state index in [0.717, 1.165) is 40.0 Å². The number of ether oxygens (including phenoxy) is 2. The molecule has 0 saturated heterocycles. The molecule has 0 aliphatic carbocycles. The largest absolute Gasteiger partial charge is 0.496 e. The van der Waals surface area contributed by atoms with Gasteiger partial charge in [-0.1, -0.05) is 18.2 Å². The first-order valence-electron chi connectivity index (χ1n) is 7.00. The molecule has 3 nitrogen and oxygen atoms in total. The predicted octanol–water partition coefficient (Wildman–Crippen LogP) is 4.56. The SMILES string of the molecule is COc1ccccc1CCNCc1cc(Br)c(OC)c(Br)c1. The van der Waals surface area contributed by atoms with Crippen molar-refractivity contribution >= 4 is 31.9 Å². The standard InChI is InChI=1S/C17H19Br2NO2/c1-21-16-6-4-3-5-13(16)7-8-20-11-12-9-14(18)17(22-2)15(19)10-12/h3-6,9-10,20H,7-8,11H2,1-2H3. The summed E-state index contributed by atoms with van der Waals surface area (Å²) in [4.78, 5) is 0. The lowest BCUT2D eigenvalue weighted by atomic mass is 10.1. The highest BCUT2D eigenvalue weighted by molar-refractivity contribution is 9.11. The second kappa shape index (κ2) is 8.56. The summed E-state index contributed by atoms with van der Waals surface area (Å²) in [6.07, 6.45) is 0.933. The maximum absolute atomic E-state index is 5.36. The second-order valence-corrected chi connectivity index (χ2v) is 6.54. The summed E-state index contributed by atoms with van der Waals surface area (Å²) in [6.45, 7) is 1.69. The zero-order chi connectivity index (χ0) is 15.9. The third-order valence-corrected chi connectivity index (χ3v) is 4.53. The average Bonchev–Trinajstić information content (AvgIpc) is 2.51. The Balaban J connectivity index is 1.89. The van der Waals surface area contributed by atoms with E-state index in [1.807, 2.05) is 18.2 Å². The quantitative estimate of drug-likeness (QED) is 0.655. The van der Waals surface area contributed by atoms with Crippen molar-refractivity contribution in [1.82, 2.24) is 5.32 Å². The van der Waals surface area contributed by atoms with E-state index in [4.69, 9.17) is 9.47 Å². The Labute approximate surface area is 148 Å². The van der Waals surface area contributed by atoms with Crippen LogP contribution in [0, 0.1) is 0 Å². The Morgan fingerprint density at radius 2 is 1.68 bits per heavy atom. The van der Waals surface area contributed by atoms with Crippen molar-refractivity contribution in [3.8, 4) is 11.5 Å². The van der Waals surface area contributed by atoms with Crippen molar-refractivity contribution in [3.05, 3.63) is 56.5 Å². The van der Waals surface area contributed by atoms with Gasteiger partial charge in [0.05, 0.1) is 23.2 Å². The molecule has 0 amide bonds. The molecule has 0 atom stereocenters. The minimum Gasteiger partial charge on any atom is -0.496 e. The van der Waals surface area contributed by atoms with Gasteiger partial charge in [0, 0.05) is 6.54 Å². The Bertz CT molecular complexity index is 609. The number of nitrogens with one attached hydrogen (secondary N) is 1. The number of rotatable bonds is 7. The van der Waals surface area contributed by atoms with Gasteiger partial charge in [-0.05, 0) is 74.2 Å². The number of benzene rings is 2. The molecular weight excluding hydrogens is 410 g/mol. The summed E-state index contributed by atoms with van der Waals surface area (Å²) in [5, 5.41) is 3.46. The van der Waals surface area contributed by atoms with Gasteiger partial charge in [-0.15, -0.1) is 0 Å². The first-order chi connectivity index (χ1) is 10.7. The fraction of sp³-hybridized carbons (Fsp3) is 0.294. The van der Waals surface area contributed by atoms with Gasteiger partial charge < -0.3 is 14.8 Å². The van der Waals surface area contributed by atoms with Gasteiger partial charge in [0.15, 0.2) is 0 Å². The smallest absolute Gasteiger partial charge is 0.147 e. The van der Waals surface area contributed by atoms with Crippen LogP contribution < -0.4 is 14.8 Å². The molecule has 2 rings (SSSR count). The normalized spacial score (nSPS) is 10.5. The minimum atomic E-state index is 0.802. The van der Waals surface area contributed by atoms with Gasteiger partial charge in [-0.3, -0.25) is 0 Å². The lowest BCUT2D eigenvalue weighted by Gasteiger charge is -2.11. The Morgan fingerprint density at radius 1 is 1.00 bits per heavy atom. The van der Waals surface area contributed by atoms with Crippen molar-refractivity contribution in [3.63, 3.8) is 0 Å². The van der Waals surface area contributed by atoms with E-state index < -0.39 is 0 Å². The molecule has 2 aromatic carbocycles. The molecule has 0 heterocycles. The van der Waals surface area contributed by atoms with Crippen LogP contribution in [0.25, 0.3) is 0 Å². The topological polar surface area (TPSA) is 30.5 Å². The van der Waals surface area contributed by atoms with Gasteiger partial charge >= 0.3 is 0 Å². The molecule has 0 unspecified atom stereocenters. The van der Waals surface area contributed by atoms with E-state index >= 15 is 0 Å². The molecule has 0 radical (unpaired) electrons. The van der Waals surface area contributed by atoms with Gasteiger partial charge in [0.1, 0.15) is 11.5 Å². The lowest BCUT2D eigenvalue weighted by molar-refractivity contribution is 0.408. The number of halogens is 2. The molecule has 5 heteroatoms. The molecule has 118 valence electrons. The summed E-state index contributed by atoms with van der Waals surface area (Å²) in [6, 6.07) is 12.3. The predicted molar refractivity (Wildman–Crippen MR) is 96.8 cm³/mol. The molecule has 0 aromatic heterocycles. The second-order valence-electron chi connectivity index (χ2n) is 4.83. The molecule has 0 bridgehead atoms. The van der Waals surface area contributed by atoms with Crippen LogP contribution in [0.3, 0.4) is 0 Å². The summed E-state index contributed by atoms with van der Waals surface area (Å²) in [5.41, 5.74) is 2.41. The van der Waals surface area contributed by atoms with Crippen LogP contribution in [0.2, 0.25) is 0 Å². The van der Waals surface area contributed by atoms with Crippen LogP contribution in [0.15, 0.2) is 45.3 Å². The zero-order valence-corrected chi connectivity index (χ0v) is 15.8. The maximum atomic E-state index is 5.36. The van der Waals surface area contributed by atoms with E-state index in [9.17, 15) is 0 Å². The molecule has 2 aromatic rings. The molecular formula is C17H19Br2NO2. The highest BCUT2D eigenvalue weighted by Gasteiger charge is 2.07. The minimum absolute atomic E-state index is 0.802. The lowest BCUT2D eigenvalue weighted by Crippen LogP contribution is -2.17. The first-order valence-corrected chi connectivity index (χ1v) is 8.58. The first kappa shape index (κ1) is 17.3. The fourth-order valence-corrected chi connectivity index (χ4v) is 3.88.